The molecule has 1 aromatic rings. The Balaban J connectivity index is 1.65. The van der Waals surface area contributed by atoms with Gasteiger partial charge in [0, 0.05) is 24.8 Å². The van der Waals surface area contributed by atoms with E-state index in [9.17, 15) is 13.2 Å². The number of amides is 1. The molecule has 0 bridgehead atoms. The van der Waals surface area contributed by atoms with Crippen molar-refractivity contribution in [2.75, 3.05) is 13.2 Å². The van der Waals surface area contributed by atoms with Crippen molar-refractivity contribution < 1.29 is 17.9 Å². The van der Waals surface area contributed by atoms with Crippen molar-refractivity contribution in [3.05, 3.63) is 29.8 Å². The molecule has 1 aromatic carbocycles. The Hall–Kier alpha value is -1.44. The molecule has 2 fully saturated rings. The van der Waals surface area contributed by atoms with Crippen molar-refractivity contribution in [1.29, 1.82) is 0 Å². The van der Waals surface area contributed by atoms with E-state index < -0.39 is 10.0 Å². The van der Waals surface area contributed by atoms with Gasteiger partial charge in [0.2, 0.25) is 10.0 Å². The standard InChI is InChI=1S/C15H20N2O4S/c18-15(16-10-13-4-2-8-21-13)11-3-1-5-14(9-11)22(19,20)17-12-6-7-12/h1,3,5,9,12-13,17H,2,4,6-8,10H2,(H,16,18)/t13-/m1/s1. The molecule has 1 heterocycles. The first-order valence-corrected chi connectivity index (χ1v) is 9.05. The lowest BCUT2D eigenvalue weighted by molar-refractivity contribution is 0.0857. The van der Waals surface area contributed by atoms with Gasteiger partial charge in [0.05, 0.1) is 11.0 Å². The van der Waals surface area contributed by atoms with Crippen molar-refractivity contribution in [1.82, 2.24) is 10.0 Å². The highest BCUT2D eigenvalue weighted by Gasteiger charge is 2.28. The van der Waals surface area contributed by atoms with Gasteiger partial charge in [-0.05, 0) is 43.9 Å². The van der Waals surface area contributed by atoms with E-state index in [4.69, 9.17) is 4.74 Å². The number of hydrogen-bond acceptors (Lipinski definition) is 4. The topological polar surface area (TPSA) is 84.5 Å². The van der Waals surface area contributed by atoms with Crippen LogP contribution in [0, 0.1) is 0 Å². The Labute approximate surface area is 130 Å². The Morgan fingerprint density at radius 2 is 2.09 bits per heavy atom. The smallest absolute Gasteiger partial charge is 0.251 e. The molecule has 120 valence electrons. The number of sulfonamides is 1. The largest absolute Gasteiger partial charge is 0.376 e. The van der Waals surface area contributed by atoms with E-state index in [2.05, 4.69) is 10.0 Å². The summed E-state index contributed by atoms with van der Waals surface area (Å²) in [6.07, 6.45) is 3.77. The zero-order chi connectivity index (χ0) is 15.6. The van der Waals surface area contributed by atoms with Crippen LogP contribution in [-0.2, 0) is 14.8 Å². The molecule has 1 saturated carbocycles. The molecule has 0 radical (unpaired) electrons. The number of carbonyl (C=O) groups excluding carboxylic acids is 1. The van der Waals surface area contributed by atoms with Crippen molar-refractivity contribution >= 4 is 15.9 Å². The van der Waals surface area contributed by atoms with E-state index in [1.54, 1.807) is 12.1 Å². The van der Waals surface area contributed by atoms with Gasteiger partial charge in [0.25, 0.3) is 5.91 Å². The molecule has 6 nitrogen and oxygen atoms in total. The van der Waals surface area contributed by atoms with Gasteiger partial charge >= 0.3 is 0 Å². The summed E-state index contributed by atoms with van der Waals surface area (Å²) in [6.45, 7) is 1.19. The average molecular weight is 324 g/mol. The Morgan fingerprint density at radius 3 is 2.77 bits per heavy atom. The third-order valence-electron chi connectivity index (χ3n) is 3.82. The molecule has 2 aliphatic rings. The molecule has 0 unspecified atom stereocenters. The summed E-state index contributed by atoms with van der Waals surface area (Å²) in [5, 5.41) is 2.79. The fraction of sp³-hybridized carbons (Fsp3) is 0.533. The van der Waals surface area contributed by atoms with Crippen LogP contribution in [0.3, 0.4) is 0 Å². The van der Waals surface area contributed by atoms with Crippen molar-refractivity contribution in [3.8, 4) is 0 Å². The van der Waals surface area contributed by atoms with Crippen molar-refractivity contribution in [2.24, 2.45) is 0 Å². The van der Waals surface area contributed by atoms with Gasteiger partial charge in [-0.1, -0.05) is 6.07 Å². The summed E-state index contributed by atoms with van der Waals surface area (Å²) in [4.78, 5) is 12.3. The minimum absolute atomic E-state index is 0.0435. The second-order valence-electron chi connectivity index (χ2n) is 5.77. The van der Waals surface area contributed by atoms with E-state index in [1.807, 2.05) is 0 Å². The normalized spacial score (nSPS) is 21.7. The molecular weight excluding hydrogens is 304 g/mol. The number of nitrogens with one attached hydrogen (secondary N) is 2. The molecule has 1 saturated heterocycles. The number of hydrogen-bond donors (Lipinski definition) is 2. The molecule has 3 rings (SSSR count). The molecule has 1 aliphatic heterocycles. The lowest BCUT2D eigenvalue weighted by atomic mass is 10.2. The van der Waals surface area contributed by atoms with E-state index in [0.29, 0.717) is 12.1 Å². The number of benzene rings is 1. The van der Waals surface area contributed by atoms with E-state index in [-0.39, 0.29) is 22.9 Å². The monoisotopic (exact) mass is 324 g/mol. The van der Waals surface area contributed by atoms with Crippen LogP contribution >= 0.6 is 0 Å². The highest BCUT2D eigenvalue weighted by atomic mass is 32.2. The maximum absolute atomic E-state index is 12.2. The van der Waals surface area contributed by atoms with Crippen LogP contribution in [0.25, 0.3) is 0 Å². The minimum Gasteiger partial charge on any atom is -0.376 e. The van der Waals surface area contributed by atoms with Gasteiger partial charge in [-0.3, -0.25) is 4.79 Å². The lowest BCUT2D eigenvalue weighted by Crippen LogP contribution is -2.32. The minimum atomic E-state index is -3.54. The summed E-state index contributed by atoms with van der Waals surface area (Å²) in [7, 11) is -3.54. The van der Waals surface area contributed by atoms with Crippen molar-refractivity contribution in [3.63, 3.8) is 0 Å². The van der Waals surface area contributed by atoms with Crippen LogP contribution in [0.1, 0.15) is 36.0 Å². The van der Waals surface area contributed by atoms with Gasteiger partial charge < -0.3 is 10.1 Å². The lowest BCUT2D eigenvalue weighted by Gasteiger charge is -2.11. The molecule has 7 heteroatoms. The van der Waals surface area contributed by atoms with E-state index in [0.717, 1.165) is 32.3 Å². The van der Waals surface area contributed by atoms with Crippen LogP contribution < -0.4 is 10.0 Å². The summed E-state index contributed by atoms with van der Waals surface area (Å²) in [5.41, 5.74) is 0.344. The second kappa shape index (κ2) is 6.36. The molecule has 1 amide bonds. The van der Waals surface area contributed by atoms with Crippen LogP contribution in [0.15, 0.2) is 29.2 Å². The highest BCUT2D eigenvalue weighted by molar-refractivity contribution is 7.89. The van der Waals surface area contributed by atoms with Gasteiger partial charge in [0.1, 0.15) is 0 Å². The van der Waals surface area contributed by atoms with E-state index >= 15 is 0 Å². The molecule has 22 heavy (non-hydrogen) atoms. The first-order valence-electron chi connectivity index (χ1n) is 7.57. The Bertz CT molecular complexity index is 649. The Kier molecular flexibility index (Phi) is 4.46. The molecule has 0 spiro atoms. The van der Waals surface area contributed by atoms with Gasteiger partial charge in [-0.15, -0.1) is 0 Å². The summed E-state index contributed by atoms with van der Waals surface area (Å²) < 4.78 is 32.4. The van der Waals surface area contributed by atoms with Crippen LogP contribution in [0.5, 0.6) is 0 Å². The maximum Gasteiger partial charge on any atom is 0.251 e. The third kappa shape index (κ3) is 3.85. The summed E-state index contributed by atoms with van der Waals surface area (Å²) in [6, 6.07) is 6.16. The van der Waals surface area contributed by atoms with Crippen LogP contribution in [0.4, 0.5) is 0 Å². The highest BCUT2D eigenvalue weighted by Crippen LogP contribution is 2.22. The van der Waals surface area contributed by atoms with Gasteiger partial charge in [-0.25, -0.2) is 13.1 Å². The SMILES string of the molecule is O=C(NC[C@H]1CCCO1)c1cccc(S(=O)(=O)NC2CC2)c1. The average Bonchev–Trinajstić information content (AvgIpc) is 3.15. The zero-order valence-electron chi connectivity index (χ0n) is 12.2. The Morgan fingerprint density at radius 1 is 1.27 bits per heavy atom. The molecular formula is C15H20N2O4S. The van der Waals surface area contributed by atoms with Crippen LogP contribution in [-0.4, -0.2) is 39.6 Å². The fourth-order valence-electron chi connectivity index (χ4n) is 2.41. The first kappa shape index (κ1) is 15.5. The second-order valence-corrected chi connectivity index (χ2v) is 7.48. The predicted molar refractivity (Wildman–Crippen MR) is 81.1 cm³/mol. The molecule has 1 atom stereocenters. The first-order chi connectivity index (χ1) is 10.5. The molecule has 1 aliphatic carbocycles. The summed E-state index contributed by atoms with van der Waals surface area (Å²) >= 11 is 0. The quantitative estimate of drug-likeness (QED) is 0.819. The molecule has 0 aromatic heterocycles. The number of ether oxygens (including phenoxy) is 1. The number of carbonyl (C=O) groups is 1. The maximum atomic E-state index is 12.2. The van der Waals surface area contributed by atoms with Crippen molar-refractivity contribution in [2.45, 2.75) is 42.7 Å². The van der Waals surface area contributed by atoms with E-state index in [1.165, 1.54) is 12.1 Å². The third-order valence-corrected chi connectivity index (χ3v) is 5.34. The van der Waals surface area contributed by atoms with Gasteiger partial charge in [0.15, 0.2) is 0 Å². The van der Waals surface area contributed by atoms with Crippen LogP contribution in [0.2, 0.25) is 0 Å². The predicted octanol–water partition coefficient (Wildman–Crippen LogP) is 1.04. The van der Waals surface area contributed by atoms with Gasteiger partial charge in [-0.2, -0.15) is 0 Å². The number of rotatable bonds is 6. The zero-order valence-corrected chi connectivity index (χ0v) is 13.1. The summed E-state index contributed by atoms with van der Waals surface area (Å²) in [5.74, 6) is -0.279. The fourth-order valence-corrected chi connectivity index (χ4v) is 3.76. The molecule has 2 N–H and O–H groups in total.